The van der Waals surface area contributed by atoms with E-state index < -0.39 is 0 Å². The molecule has 0 saturated heterocycles. The zero-order valence-electron chi connectivity index (χ0n) is 19.5. The summed E-state index contributed by atoms with van der Waals surface area (Å²) in [6.07, 6.45) is 0.880. The smallest absolute Gasteiger partial charge is 0.178 e. The number of halogens is 1. The Labute approximate surface area is 204 Å². The van der Waals surface area contributed by atoms with E-state index in [9.17, 15) is 0 Å². The minimum absolute atomic E-state index is 0.197. The molecule has 0 unspecified atom stereocenters. The summed E-state index contributed by atoms with van der Waals surface area (Å²) in [5, 5.41) is 18.6. The summed E-state index contributed by atoms with van der Waals surface area (Å²) in [6, 6.07) is 22.3. The molecule has 2 heterocycles. The molecule has 0 amide bonds. The lowest BCUT2D eigenvalue weighted by Gasteiger charge is -2.20. The lowest BCUT2D eigenvalue weighted by atomic mass is 10.0. The van der Waals surface area contributed by atoms with Crippen LogP contribution in [0.5, 0.6) is 0 Å². The first-order valence-electron chi connectivity index (χ1n) is 11.4. The van der Waals surface area contributed by atoms with Crippen LogP contribution in [0, 0.1) is 20.8 Å². The predicted octanol–water partition coefficient (Wildman–Crippen LogP) is 5.64. The van der Waals surface area contributed by atoms with Gasteiger partial charge in [0, 0.05) is 28.2 Å². The van der Waals surface area contributed by atoms with Crippen molar-refractivity contribution in [2.75, 3.05) is 6.54 Å². The lowest BCUT2D eigenvalue weighted by Crippen LogP contribution is -2.28. The third kappa shape index (κ3) is 4.22. The van der Waals surface area contributed by atoms with E-state index in [4.69, 9.17) is 11.6 Å². The second-order valence-electron chi connectivity index (χ2n) is 8.65. The van der Waals surface area contributed by atoms with Gasteiger partial charge in [0.25, 0.3) is 0 Å². The normalized spacial score (nSPS) is 12.4. The topological polar surface area (TPSA) is 71.4 Å². The SMILES string of the molecule is Cc1cccc(C)c1-n1nnnc1[C@@H](NCCc1c(C)[nH]c2ccccc12)c1ccc(Cl)cc1. The molecule has 5 aromatic rings. The van der Waals surface area contributed by atoms with E-state index >= 15 is 0 Å². The number of hydrogen-bond acceptors (Lipinski definition) is 4. The van der Waals surface area contributed by atoms with Crippen molar-refractivity contribution in [3.05, 3.63) is 106 Å². The third-order valence-corrected chi connectivity index (χ3v) is 6.61. The summed E-state index contributed by atoms with van der Waals surface area (Å²) in [4.78, 5) is 3.49. The number of rotatable bonds is 7. The van der Waals surface area contributed by atoms with Gasteiger partial charge >= 0.3 is 0 Å². The molecule has 0 aliphatic heterocycles. The third-order valence-electron chi connectivity index (χ3n) is 6.36. The van der Waals surface area contributed by atoms with E-state index in [-0.39, 0.29) is 6.04 Å². The predicted molar refractivity (Wildman–Crippen MR) is 137 cm³/mol. The molecule has 172 valence electrons. The first-order chi connectivity index (χ1) is 16.5. The molecule has 0 aliphatic carbocycles. The molecule has 34 heavy (non-hydrogen) atoms. The molecule has 2 aromatic heterocycles. The Balaban J connectivity index is 1.49. The summed E-state index contributed by atoms with van der Waals surface area (Å²) in [5.74, 6) is 0.746. The molecule has 5 rings (SSSR count). The van der Waals surface area contributed by atoms with Crippen molar-refractivity contribution >= 4 is 22.5 Å². The maximum absolute atomic E-state index is 6.19. The van der Waals surface area contributed by atoms with Crippen LogP contribution < -0.4 is 5.32 Å². The highest BCUT2D eigenvalue weighted by atomic mass is 35.5. The van der Waals surface area contributed by atoms with Crippen molar-refractivity contribution in [2.24, 2.45) is 0 Å². The number of hydrogen-bond donors (Lipinski definition) is 2. The van der Waals surface area contributed by atoms with Crippen LogP contribution in [0.3, 0.4) is 0 Å². The van der Waals surface area contributed by atoms with E-state index in [1.54, 1.807) is 0 Å². The fourth-order valence-corrected chi connectivity index (χ4v) is 4.81. The van der Waals surface area contributed by atoms with Crippen molar-refractivity contribution < 1.29 is 0 Å². The number of aryl methyl sites for hydroxylation is 3. The number of fused-ring (bicyclic) bond motifs is 1. The van der Waals surface area contributed by atoms with Crippen LogP contribution in [-0.4, -0.2) is 31.7 Å². The van der Waals surface area contributed by atoms with Gasteiger partial charge in [-0.15, -0.1) is 5.10 Å². The Morgan fingerprint density at radius 2 is 1.68 bits per heavy atom. The number of benzene rings is 3. The highest BCUT2D eigenvalue weighted by Crippen LogP contribution is 2.27. The van der Waals surface area contributed by atoms with Gasteiger partial charge in [0.15, 0.2) is 5.82 Å². The first-order valence-corrected chi connectivity index (χ1v) is 11.8. The molecule has 1 atom stereocenters. The largest absolute Gasteiger partial charge is 0.358 e. The highest BCUT2D eigenvalue weighted by Gasteiger charge is 2.23. The molecule has 2 N–H and O–H groups in total. The maximum atomic E-state index is 6.19. The second kappa shape index (κ2) is 9.41. The standard InChI is InChI=1S/C27H27ClN6/c1-17-7-6-8-18(2)26(17)34-27(31-32-33-34)25(20-11-13-21(28)14-12-20)29-16-15-22-19(3)30-24-10-5-4-9-23(22)24/h4-14,25,29-30H,15-16H2,1-3H3/t25-/m0/s1. The average molecular weight is 471 g/mol. The molecular weight excluding hydrogens is 444 g/mol. The quantitative estimate of drug-likeness (QED) is 0.322. The molecule has 0 spiro atoms. The van der Waals surface area contributed by atoms with Gasteiger partial charge in [0.2, 0.25) is 0 Å². The fourth-order valence-electron chi connectivity index (χ4n) is 4.68. The van der Waals surface area contributed by atoms with Gasteiger partial charge in [0.05, 0.1) is 11.7 Å². The Bertz CT molecular complexity index is 1410. The van der Waals surface area contributed by atoms with E-state index in [1.807, 2.05) is 28.9 Å². The van der Waals surface area contributed by atoms with Gasteiger partial charge in [-0.25, -0.2) is 0 Å². The molecule has 0 bridgehead atoms. The van der Waals surface area contributed by atoms with Crippen LogP contribution >= 0.6 is 11.6 Å². The fraction of sp³-hybridized carbons (Fsp3) is 0.222. The van der Waals surface area contributed by atoms with Gasteiger partial charge in [0.1, 0.15) is 0 Å². The Hall–Kier alpha value is -3.48. The average Bonchev–Trinajstić information content (AvgIpc) is 3.42. The van der Waals surface area contributed by atoms with E-state index in [1.165, 1.54) is 22.2 Å². The van der Waals surface area contributed by atoms with Gasteiger partial charge in [-0.2, -0.15) is 4.68 Å². The van der Waals surface area contributed by atoms with E-state index in [0.29, 0.717) is 5.02 Å². The number of aromatic amines is 1. The number of H-pyrrole nitrogens is 1. The lowest BCUT2D eigenvalue weighted by molar-refractivity contribution is 0.562. The molecule has 6 nitrogen and oxygen atoms in total. The monoisotopic (exact) mass is 470 g/mol. The van der Waals surface area contributed by atoms with Crippen molar-refractivity contribution in [2.45, 2.75) is 33.2 Å². The summed E-state index contributed by atoms with van der Waals surface area (Å²) in [7, 11) is 0. The summed E-state index contributed by atoms with van der Waals surface area (Å²) < 4.78 is 1.86. The van der Waals surface area contributed by atoms with Crippen LogP contribution in [0.2, 0.25) is 5.02 Å². The van der Waals surface area contributed by atoms with Crippen LogP contribution in [0.15, 0.2) is 66.7 Å². The molecule has 3 aromatic carbocycles. The van der Waals surface area contributed by atoms with E-state index in [0.717, 1.165) is 41.2 Å². The zero-order valence-corrected chi connectivity index (χ0v) is 20.3. The van der Waals surface area contributed by atoms with Crippen molar-refractivity contribution in [1.82, 2.24) is 30.5 Å². The number of nitrogens with one attached hydrogen (secondary N) is 2. The first kappa shape index (κ1) is 22.3. The summed E-state index contributed by atoms with van der Waals surface area (Å²) >= 11 is 6.19. The molecule has 0 aliphatic rings. The molecular formula is C27H27ClN6. The number of nitrogens with zero attached hydrogens (tertiary/aromatic N) is 4. The number of para-hydroxylation sites is 2. The van der Waals surface area contributed by atoms with E-state index in [2.05, 4.69) is 89.1 Å². The van der Waals surface area contributed by atoms with Gasteiger partial charge < -0.3 is 10.3 Å². The van der Waals surface area contributed by atoms with Crippen molar-refractivity contribution in [3.8, 4) is 5.69 Å². The molecule has 0 saturated carbocycles. The number of tetrazole rings is 1. The zero-order chi connectivity index (χ0) is 23.7. The van der Waals surface area contributed by atoms with Crippen molar-refractivity contribution in [1.29, 1.82) is 0 Å². The molecule has 7 heteroatoms. The summed E-state index contributed by atoms with van der Waals surface area (Å²) in [5.41, 5.74) is 8.01. The Morgan fingerprint density at radius 1 is 0.941 bits per heavy atom. The molecule has 0 radical (unpaired) electrons. The Kier molecular flexibility index (Phi) is 6.18. The maximum Gasteiger partial charge on any atom is 0.178 e. The Morgan fingerprint density at radius 3 is 2.44 bits per heavy atom. The van der Waals surface area contributed by atoms with Gasteiger partial charge in [-0.05, 0) is 78.1 Å². The van der Waals surface area contributed by atoms with Crippen LogP contribution in [0.1, 0.15) is 39.8 Å². The second-order valence-corrected chi connectivity index (χ2v) is 9.09. The van der Waals surface area contributed by atoms with Gasteiger partial charge in [-0.1, -0.05) is 60.1 Å². The van der Waals surface area contributed by atoms with Crippen LogP contribution in [0.25, 0.3) is 16.6 Å². The summed E-state index contributed by atoms with van der Waals surface area (Å²) in [6.45, 7) is 7.06. The van der Waals surface area contributed by atoms with Gasteiger partial charge in [-0.3, -0.25) is 0 Å². The highest BCUT2D eigenvalue weighted by molar-refractivity contribution is 6.30. The number of aromatic nitrogens is 5. The molecule has 0 fully saturated rings. The van der Waals surface area contributed by atoms with Crippen LogP contribution in [-0.2, 0) is 6.42 Å². The minimum Gasteiger partial charge on any atom is -0.358 e. The van der Waals surface area contributed by atoms with Crippen LogP contribution in [0.4, 0.5) is 0 Å². The minimum atomic E-state index is -0.197. The van der Waals surface area contributed by atoms with Crippen molar-refractivity contribution in [3.63, 3.8) is 0 Å².